The average Bonchev–Trinajstić information content (AvgIpc) is 2.88. The summed E-state index contributed by atoms with van der Waals surface area (Å²) in [7, 11) is 0. The zero-order valence-electron chi connectivity index (χ0n) is 10.7. The second-order valence-electron chi connectivity index (χ2n) is 4.65. The van der Waals surface area contributed by atoms with Gasteiger partial charge in [0.25, 0.3) is 0 Å². The molecule has 1 aromatic heterocycles. The Balaban J connectivity index is 2.11. The molecule has 0 N–H and O–H groups in total. The van der Waals surface area contributed by atoms with Crippen molar-refractivity contribution in [3.8, 4) is 0 Å². The second-order valence-corrected chi connectivity index (χ2v) is 4.65. The molecule has 0 radical (unpaired) electrons. The lowest BCUT2D eigenvalue weighted by molar-refractivity contribution is 0.504. The molecule has 2 nitrogen and oxygen atoms in total. The molecular formula is C15H19FN2. The number of halogens is 1. The molecule has 96 valence electrons. The SMILES string of the molecule is CCCCC(Cn1ccnc1)c1ccc(F)cc1. The third-order valence-corrected chi connectivity index (χ3v) is 3.24. The normalized spacial score (nSPS) is 12.6. The van der Waals surface area contributed by atoms with Crippen molar-refractivity contribution in [1.29, 1.82) is 0 Å². The second kappa shape index (κ2) is 6.34. The number of nitrogens with zero attached hydrogens (tertiary/aromatic N) is 2. The van der Waals surface area contributed by atoms with Gasteiger partial charge < -0.3 is 4.57 Å². The van der Waals surface area contributed by atoms with E-state index in [0.717, 1.165) is 13.0 Å². The molecule has 0 saturated heterocycles. The Morgan fingerprint density at radius 1 is 1.28 bits per heavy atom. The maximum Gasteiger partial charge on any atom is 0.123 e. The Morgan fingerprint density at radius 3 is 2.67 bits per heavy atom. The highest BCUT2D eigenvalue weighted by Crippen LogP contribution is 2.24. The lowest BCUT2D eigenvalue weighted by atomic mass is 9.93. The topological polar surface area (TPSA) is 17.8 Å². The summed E-state index contributed by atoms with van der Waals surface area (Å²) >= 11 is 0. The van der Waals surface area contributed by atoms with Gasteiger partial charge in [0, 0.05) is 24.9 Å². The van der Waals surface area contributed by atoms with Crippen molar-refractivity contribution in [3.05, 3.63) is 54.4 Å². The van der Waals surface area contributed by atoms with Gasteiger partial charge in [-0.25, -0.2) is 9.37 Å². The van der Waals surface area contributed by atoms with Crippen molar-refractivity contribution in [2.45, 2.75) is 38.6 Å². The largest absolute Gasteiger partial charge is 0.337 e. The van der Waals surface area contributed by atoms with Gasteiger partial charge >= 0.3 is 0 Å². The first-order valence-corrected chi connectivity index (χ1v) is 6.50. The first-order chi connectivity index (χ1) is 8.79. The van der Waals surface area contributed by atoms with Gasteiger partial charge in [0.05, 0.1) is 6.33 Å². The zero-order valence-corrected chi connectivity index (χ0v) is 10.7. The number of imidazole rings is 1. The van der Waals surface area contributed by atoms with Gasteiger partial charge in [-0.2, -0.15) is 0 Å². The molecule has 2 rings (SSSR count). The Morgan fingerprint density at radius 2 is 2.06 bits per heavy atom. The van der Waals surface area contributed by atoms with E-state index in [4.69, 9.17) is 0 Å². The quantitative estimate of drug-likeness (QED) is 0.753. The standard InChI is InChI=1S/C15H19FN2/c1-2-3-4-14(11-18-10-9-17-12-18)13-5-7-15(16)8-6-13/h5-10,12,14H,2-4,11H2,1H3. The van der Waals surface area contributed by atoms with Crippen LogP contribution in [0.2, 0.25) is 0 Å². The maximum atomic E-state index is 13.0. The Labute approximate surface area is 107 Å². The number of hydrogen-bond acceptors (Lipinski definition) is 1. The van der Waals surface area contributed by atoms with Crippen LogP contribution in [-0.2, 0) is 6.54 Å². The molecule has 1 atom stereocenters. The monoisotopic (exact) mass is 246 g/mol. The van der Waals surface area contributed by atoms with Crippen LogP contribution in [0, 0.1) is 5.82 Å². The van der Waals surface area contributed by atoms with Gasteiger partial charge in [0.1, 0.15) is 5.82 Å². The van der Waals surface area contributed by atoms with Crippen molar-refractivity contribution in [2.24, 2.45) is 0 Å². The van der Waals surface area contributed by atoms with E-state index in [2.05, 4.69) is 16.5 Å². The van der Waals surface area contributed by atoms with Gasteiger partial charge in [-0.3, -0.25) is 0 Å². The van der Waals surface area contributed by atoms with Crippen LogP contribution in [0.1, 0.15) is 37.7 Å². The van der Waals surface area contributed by atoms with E-state index in [0.29, 0.717) is 5.92 Å². The predicted octanol–water partition coefficient (Wildman–Crippen LogP) is 4.00. The number of aromatic nitrogens is 2. The fourth-order valence-electron chi connectivity index (χ4n) is 2.20. The van der Waals surface area contributed by atoms with Crippen LogP contribution in [0.25, 0.3) is 0 Å². The molecule has 1 unspecified atom stereocenters. The summed E-state index contributed by atoms with van der Waals surface area (Å²) in [4.78, 5) is 4.07. The van der Waals surface area contributed by atoms with Crippen LogP contribution >= 0.6 is 0 Å². The van der Waals surface area contributed by atoms with Gasteiger partial charge in [0.2, 0.25) is 0 Å². The van der Waals surface area contributed by atoms with Crippen LogP contribution in [0.15, 0.2) is 43.0 Å². The zero-order chi connectivity index (χ0) is 12.8. The minimum absolute atomic E-state index is 0.171. The average molecular weight is 246 g/mol. The van der Waals surface area contributed by atoms with Gasteiger partial charge in [-0.1, -0.05) is 31.9 Å². The highest BCUT2D eigenvalue weighted by Gasteiger charge is 2.11. The molecule has 0 aliphatic carbocycles. The molecule has 0 spiro atoms. The van der Waals surface area contributed by atoms with E-state index in [1.165, 1.54) is 18.4 Å². The van der Waals surface area contributed by atoms with E-state index in [1.54, 1.807) is 18.3 Å². The number of benzene rings is 1. The summed E-state index contributed by atoms with van der Waals surface area (Å²) in [5.74, 6) is 0.260. The summed E-state index contributed by atoms with van der Waals surface area (Å²) < 4.78 is 15.1. The number of rotatable bonds is 6. The highest BCUT2D eigenvalue weighted by molar-refractivity contribution is 5.20. The number of hydrogen-bond donors (Lipinski definition) is 0. The van der Waals surface area contributed by atoms with Gasteiger partial charge in [-0.15, -0.1) is 0 Å². The van der Waals surface area contributed by atoms with Crippen LogP contribution in [0.3, 0.4) is 0 Å². The molecule has 0 aliphatic heterocycles. The smallest absolute Gasteiger partial charge is 0.123 e. The highest BCUT2D eigenvalue weighted by atomic mass is 19.1. The summed E-state index contributed by atoms with van der Waals surface area (Å²) in [5.41, 5.74) is 1.21. The molecule has 1 aromatic carbocycles. The van der Waals surface area contributed by atoms with Gasteiger partial charge in [0.15, 0.2) is 0 Å². The first kappa shape index (κ1) is 12.8. The van der Waals surface area contributed by atoms with E-state index in [1.807, 2.05) is 24.7 Å². The van der Waals surface area contributed by atoms with Crippen molar-refractivity contribution in [3.63, 3.8) is 0 Å². The third kappa shape index (κ3) is 3.42. The van der Waals surface area contributed by atoms with E-state index < -0.39 is 0 Å². The van der Waals surface area contributed by atoms with Crippen molar-refractivity contribution >= 4 is 0 Å². The molecule has 0 saturated carbocycles. The molecule has 18 heavy (non-hydrogen) atoms. The predicted molar refractivity (Wildman–Crippen MR) is 70.9 cm³/mol. The minimum Gasteiger partial charge on any atom is -0.337 e. The van der Waals surface area contributed by atoms with E-state index >= 15 is 0 Å². The van der Waals surface area contributed by atoms with Crippen molar-refractivity contribution in [2.75, 3.05) is 0 Å². The molecule has 0 amide bonds. The number of unbranched alkanes of at least 4 members (excludes halogenated alkanes) is 1. The molecule has 2 aromatic rings. The van der Waals surface area contributed by atoms with Crippen LogP contribution in [0.5, 0.6) is 0 Å². The lowest BCUT2D eigenvalue weighted by Gasteiger charge is -2.17. The third-order valence-electron chi connectivity index (χ3n) is 3.24. The molecule has 0 fully saturated rings. The fourth-order valence-corrected chi connectivity index (χ4v) is 2.20. The van der Waals surface area contributed by atoms with Crippen molar-refractivity contribution < 1.29 is 4.39 Å². The molecular weight excluding hydrogens is 227 g/mol. The van der Waals surface area contributed by atoms with E-state index in [9.17, 15) is 4.39 Å². The summed E-state index contributed by atoms with van der Waals surface area (Å²) in [6, 6.07) is 6.88. The van der Waals surface area contributed by atoms with Gasteiger partial charge in [-0.05, 0) is 24.1 Å². The molecule has 0 bridgehead atoms. The minimum atomic E-state index is -0.171. The Hall–Kier alpha value is -1.64. The van der Waals surface area contributed by atoms with Crippen LogP contribution < -0.4 is 0 Å². The molecule has 0 aliphatic rings. The van der Waals surface area contributed by atoms with Crippen molar-refractivity contribution in [1.82, 2.24) is 9.55 Å². The van der Waals surface area contributed by atoms with Crippen LogP contribution in [0.4, 0.5) is 4.39 Å². The van der Waals surface area contributed by atoms with E-state index in [-0.39, 0.29) is 5.82 Å². The summed E-state index contributed by atoms with van der Waals surface area (Å²) in [5, 5.41) is 0. The van der Waals surface area contributed by atoms with Crippen LogP contribution in [-0.4, -0.2) is 9.55 Å². The molecule has 1 heterocycles. The fraction of sp³-hybridized carbons (Fsp3) is 0.400. The Kier molecular flexibility index (Phi) is 4.51. The summed E-state index contributed by atoms with van der Waals surface area (Å²) in [6.45, 7) is 3.10. The Bertz CT molecular complexity index is 448. The lowest BCUT2D eigenvalue weighted by Crippen LogP contribution is -2.08. The maximum absolute atomic E-state index is 13.0. The molecule has 3 heteroatoms. The summed E-state index contributed by atoms with van der Waals surface area (Å²) in [6.07, 6.45) is 9.10. The first-order valence-electron chi connectivity index (χ1n) is 6.50.